The SMILES string of the molecule is CN(C(=O)C1CCC1)c1ccc(Cl)c(N=C2NC(=O)/C(=C/c3ccc4ncccc4c3)S2)c1. The molecule has 2 fully saturated rings. The van der Waals surface area contributed by atoms with Crippen LogP contribution in [-0.4, -0.2) is 29.0 Å². The summed E-state index contributed by atoms with van der Waals surface area (Å²) in [6.45, 7) is 0. The monoisotopic (exact) mass is 476 g/mol. The van der Waals surface area contributed by atoms with Crippen molar-refractivity contribution in [2.45, 2.75) is 19.3 Å². The fourth-order valence-electron chi connectivity index (χ4n) is 3.78. The molecule has 1 saturated heterocycles. The van der Waals surface area contributed by atoms with E-state index >= 15 is 0 Å². The van der Waals surface area contributed by atoms with Crippen molar-refractivity contribution in [3.63, 3.8) is 0 Å². The molecule has 1 aliphatic carbocycles. The van der Waals surface area contributed by atoms with E-state index in [1.54, 1.807) is 30.3 Å². The first kappa shape index (κ1) is 21.7. The third-order valence-electron chi connectivity index (χ3n) is 5.90. The largest absolute Gasteiger partial charge is 0.315 e. The lowest BCUT2D eigenvalue weighted by Crippen LogP contribution is -2.36. The van der Waals surface area contributed by atoms with Gasteiger partial charge in [0.05, 0.1) is 21.1 Å². The van der Waals surface area contributed by atoms with Crippen molar-refractivity contribution in [2.75, 3.05) is 11.9 Å². The average molecular weight is 477 g/mol. The summed E-state index contributed by atoms with van der Waals surface area (Å²) in [6, 6.07) is 15.0. The Morgan fingerprint density at radius 1 is 1.24 bits per heavy atom. The number of amides is 2. The molecule has 2 amide bonds. The molecule has 8 heteroatoms. The van der Waals surface area contributed by atoms with Gasteiger partial charge in [0.1, 0.15) is 0 Å². The molecule has 0 radical (unpaired) electrons. The Morgan fingerprint density at radius 3 is 2.88 bits per heavy atom. The van der Waals surface area contributed by atoms with Gasteiger partial charge in [-0.15, -0.1) is 0 Å². The quantitative estimate of drug-likeness (QED) is 0.501. The van der Waals surface area contributed by atoms with E-state index in [2.05, 4.69) is 15.3 Å². The second-order valence-corrected chi connectivity index (χ2v) is 9.54. The number of aliphatic imine (C=N–C) groups is 1. The Hall–Kier alpha value is -3.16. The molecule has 0 bridgehead atoms. The van der Waals surface area contributed by atoms with Crippen LogP contribution in [0.4, 0.5) is 11.4 Å². The molecule has 0 unspecified atom stereocenters. The predicted octanol–water partition coefficient (Wildman–Crippen LogP) is 5.54. The lowest BCUT2D eigenvalue weighted by atomic mass is 9.84. The minimum absolute atomic E-state index is 0.101. The molecule has 1 aromatic heterocycles. The Morgan fingerprint density at radius 2 is 2.09 bits per heavy atom. The summed E-state index contributed by atoms with van der Waals surface area (Å²) in [5.41, 5.74) is 3.04. The maximum absolute atomic E-state index is 12.6. The molecule has 1 N–H and O–H groups in total. The van der Waals surface area contributed by atoms with Gasteiger partial charge in [0.2, 0.25) is 5.91 Å². The minimum atomic E-state index is -0.213. The van der Waals surface area contributed by atoms with Crippen LogP contribution in [0.5, 0.6) is 0 Å². The van der Waals surface area contributed by atoms with Gasteiger partial charge in [-0.05, 0) is 72.6 Å². The molecule has 166 valence electrons. The number of aromatic nitrogens is 1. The normalized spacial score (nSPS) is 18.5. The van der Waals surface area contributed by atoms with Crippen molar-refractivity contribution < 1.29 is 9.59 Å². The lowest BCUT2D eigenvalue weighted by molar-refractivity contribution is -0.124. The number of carbonyl (C=O) groups is 2. The van der Waals surface area contributed by atoms with Crippen molar-refractivity contribution in [1.29, 1.82) is 0 Å². The van der Waals surface area contributed by atoms with Crippen LogP contribution in [0.3, 0.4) is 0 Å². The smallest absolute Gasteiger partial charge is 0.264 e. The van der Waals surface area contributed by atoms with Crippen LogP contribution >= 0.6 is 23.4 Å². The van der Waals surface area contributed by atoms with Gasteiger partial charge in [0, 0.05) is 30.2 Å². The van der Waals surface area contributed by atoms with Crippen molar-refractivity contribution in [1.82, 2.24) is 10.3 Å². The number of rotatable bonds is 4. The molecule has 1 saturated carbocycles. The number of thioether (sulfide) groups is 1. The van der Waals surface area contributed by atoms with E-state index in [0.29, 0.717) is 20.8 Å². The number of nitrogens with zero attached hydrogens (tertiary/aromatic N) is 3. The van der Waals surface area contributed by atoms with Crippen LogP contribution in [0, 0.1) is 5.92 Å². The summed E-state index contributed by atoms with van der Waals surface area (Å²) in [4.78, 5) is 36.2. The van der Waals surface area contributed by atoms with Crippen molar-refractivity contribution in [3.8, 4) is 0 Å². The van der Waals surface area contributed by atoms with Crippen LogP contribution in [-0.2, 0) is 9.59 Å². The molecule has 0 atom stereocenters. The number of fused-ring (bicyclic) bond motifs is 1. The molecule has 3 aromatic rings. The van der Waals surface area contributed by atoms with Gasteiger partial charge in [0.25, 0.3) is 5.91 Å². The highest BCUT2D eigenvalue weighted by atomic mass is 35.5. The highest BCUT2D eigenvalue weighted by Crippen LogP contribution is 2.35. The molecular formula is C25H21ClN4O2S. The molecule has 5 rings (SSSR count). The van der Waals surface area contributed by atoms with Crippen LogP contribution in [0.25, 0.3) is 17.0 Å². The Labute approximate surface area is 200 Å². The number of amidine groups is 1. The maximum atomic E-state index is 12.6. The Kier molecular flexibility index (Phi) is 5.91. The van der Waals surface area contributed by atoms with Gasteiger partial charge in [-0.1, -0.05) is 30.2 Å². The first-order valence-electron chi connectivity index (χ1n) is 10.7. The first-order valence-corrected chi connectivity index (χ1v) is 11.9. The predicted molar refractivity (Wildman–Crippen MR) is 135 cm³/mol. The van der Waals surface area contributed by atoms with E-state index in [0.717, 1.165) is 41.4 Å². The van der Waals surface area contributed by atoms with E-state index in [4.69, 9.17) is 11.6 Å². The third kappa shape index (κ3) is 4.51. The zero-order valence-corrected chi connectivity index (χ0v) is 19.5. The van der Waals surface area contributed by atoms with Crippen molar-refractivity contribution in [2.24, 2.45) is 10.9 Å². The first-order chi connectivity index (χ1) is 16.0. The standard InChI is InChI=1S/C25H21ClN4O2S/c1-30(24(32)16-4-2-5-16)18-8-9-19(26)21(14-18)28-25-29-23(31)22(33-25)13-15-7-10-20-17(12-15)6-3-11-27-20/h3,6-14,16H,2,4-5H2,1H3,(H,28,29,31)/b22-13-. The second-order valence-electron chi connectivity index (χ2n) is 8.10. The average Bonchev–Trinajstić information content (AvgIpc) is 3.12. The minimum Gasteiger partial charge on any atom is -0.315 e. The summed E-state index contributed by atoms with van der Waals surface area (Å²) < 4.78 is 0. The van der Waals surface area contributed by atoms with E-state index in [1.807, 2.05) is 42.5 Å². The van der Waals surface area contributed by atoms with Crippen LogP contribution in [0.1, 0.15) is 24.8 Å². The van der Waals surface area contributed by atoms with Gasteiger partial charge in [-0.25, -0.2) is 4.99 Å². The van der Waals surface area contributed by atoms with Crippen LogP contribution < -0.4 is 10.2 Å². The number of carbonyl (C=O) groups excluding carboxylic acids is 2. The van der Waals surface area contributed by atoms with E-state index < -0.39 is 0 Å². The molecule has 1 aliphatic heterocycles. The van der Waals surface area contributed by atoms with Crippen LogP contribution in [0.15, 0.2) is 64.6 Å². The molecule has 33 heavy (non-hydrogen) atoms. The number of halogens is 1. The summed E-state index contributed by atoms with van der Waals surface area (Å²) in [5.74, 6) is -0.000171. The summed E-state index contributed by atoms with van der Waals surface area (Å²) >= 11 is 7.62. The molecular weight excluding hydrogens is 456 g/mol. The Bertz CT molecular complexity index is 1330. The number of hydrogen-bond acceptors (Lipinski definition) is 5. The lowest BCUT2D eigenvalue weighted by Gasteiger charge is -2.29. The maximum Gasteiger partial charge on any atom is 0.264 e. The van der Waals surface area contributed by atoms with Crippen molar-refractivity contribution in [3.05, 3.63) is 70.2 Å². The van der Waals surface area contributed by atoms with Crippen LogP contribution in [0.2, 0.25) is 5.02 Å². The number of benzene rings is 2. The van der Waals surface area contributed by atoms with Gasteiger partial charge < -0.3 is 10.2 Å². The highest BCUT2D eigenvalue weighted by Gasteiger charge is 2.29. The van der Waals surface area contributed by atoms with Gasteiger partial charge in [-0.3, -0.25) is 14.6 Å². The molecule has 6 nitrogen and oxygen atoms in total. The molecule has 2 heterocycles. The van der Waals surface area contributed by atoms with E-state index in [1.165, 1.54) is 11.8 Å². The zero-order valence-electron chi connectivity index (χ0n) is 17.9. The number of anilines is 1. The van der Waals surface area contributed by atoms with Gasteiger partial charge in [-0.2, -0.15) is 0 Å². The second kappa shape index (κ2) is 9.00. The summed E-state index contributed by atoms with van der Waals surface area (Å²) in [5, 5.41) is 4.70. The number of hydrogen-bond donors (Lipinski definition) is 1. The molecule has 0 spiro atoms. The molecule has 2 aromatic carbocycles. The van der Waals surface area contributed by atoms with Gasteiger partial charge in [0.15, 0.2) is 5.17 Å². The van der Waals surface area contributed by atoms with Crippen molar-refractivity contribution >= 4 is 68.7 Å². The van der Waals surface area contributed by atoms with Gasteiger partial charge >= 0.3 is 0 Å². The summed E-state index contributed by atoms with van der Waals surface area (Å²) in [7, 11) is 1.77. The summed E-state index contributed by atoms with van der Waals surface area (Å²) in [6.07, 6.45) is 6.57. The molecule has 2 aliphatic rings. The number of pyridine rings is 1. The fourth-order valence-corrected chi connectivity index (χ4v) is 4.77. The van der Waals surface area contributed by atoms with E-state index in [9.17, 15) is 9.59 Å². The number of nitrogens with one attached hydrogen (secondary N) is 1. The Balaban J connectivity index is 1.38. The topological polar surface area (TPSA) is 74.7 Å². The zero-order chi connectivity index (χ0) is 22.9. The highest BCUT2D eigenvalue weighted by molar-refractivity contribution is 8.18. The van der Waals surface area contributed by atoms with E-state index in [-0.39, 0.29) is 17.7 Å². The fraction of sp³-hybridized carbons (Fsp3) is 0.200. The third-order valence-corrected chi connectivity index (χ3v) is 7.13.